The van der Waals surface area contributed by atoms with Crippen molar-refractivity contribution in [2.24, 2.45) is 0 Å². The van der Waals surface area contributed by atoms with Gasteiger partial charge in [0.15, 0.2) is 5.82 Å². The predicted molar refractivity (Wildman–Crippen MR) is 135 cm³/mol. The SMILES string of the molecule is CCC(Nc1cc(SCc2ccc(C)cc2)nc(-c2ccc(OC)cc2)n1)N(CC)CC. The Morgan fingerprint density at radius 1 is 0.969 bits per heavy atom. The number of ether oxygens (including phenoxy) is 1. The van der Waals surface area contributed by atoms with Gasteiger partial charge in [-0.15, -0.1) is 11.8 Å². The Bertz CT molecular complexity index is 972. The van der Waals surface area contributed by atoms with Crippen LogP contribution in [0.25, 0.3) is 11.4 Å². The van der Waals surface area contributed by atoms with E-state index in [1.165, 1.54) is 11.1 Å². The Balaban J connectivity index is 1.89. The van der Waals surface area contributed by atoms with Crippen molar-refractivity contribution in [2.75, 3.05) is 25.5 Å². The van der Waals surface area contributed by atoms with E-state index in [4.69, 9.17) is 14.7 Å². The third kappa shape index (κ3) is 6.47. The van der Waals surface area contributed by atoms with Gasteiger partial charge in [0.1, 0.15) is 16.6 Å². The van der Waals surface area contributed by atoms with Gasteiger partial charge < -0.3 is 10.1 Å². The molecule has 3 aromatic rings. The number of rotatable bonds is 11. The normalized spacial score (nSPS) is 12.1. The quantitative estimate of drug-likeness (QED) is 0.212. The van der Waals surface area contributed by atoms with Crippen LogP contribution in [0.3, 0.4) is 0 Å². The number of nitrogens with one attached hydrogen (secondary N) is 1. The Kier molecular flexibility index (Phi) is 8.94. The molecule has 170 valence electrons. The first-order chi connectivity index (χ1) is 15.6. The molecule has 3 rings (SSSR count). The van der Waals surface area contributed by atoms with Gasteiger partial charge in [0.25, 0.3) is 0 Å². The summed E-state index contributed by atoms with van der Waals surface area (Å²) in [6.07, 6.45) is 1.23. The monoisotopic (exact) mass is 450 g/mol. The van der Waals surface area contributed by atoms with E-state index in [2.05, 4.69) is 68.2 Å². The Morgan fingerprint density at radius 3 is 2.25 bits per heavy atom. The van der Waals surface area contributed by atoms with Crippen molar-refractivity contribution < 1.29 is 4.74 Å². The minimum Gasteiger partial charge on any atom is -0.497 e. The van der Waals surface area contributed by atoms with Gasteiger partial charge in [-0.25, -0.2) is 9.97 Å². The summed E-state index contributed by atoms with van der Waals surface area (Å²) in [5.74, 6) is 3.27. The van der Waals surface area contributed by atoms with Crippen molar-refractivity contribution in [3.8, 4) is 17.1 Å². The lowest BCUT2D eigenvalue weighted by Gasteiger charge is -2.30. The van der Waals surface area contributed by atoms with Crippen molar-refractivity contribution in [3.05, 3.63) is 65.7 Å². The smallest absolute Gasteiger partial charge is 0.162 e. The van der Waals surface area contributed by atoms with Gasteiger partial charge in [-0.3, -0.25) is 4.90 Å². The number of nitrogens with zero attached hydrogens (tertiary/aromatic N) is 3. The molecule has 2 aromatic carbocycles. The van der Waals surface area contributed by atoms with Crippen LogP contribution in [0.1, 0.15) is 38.3 Å². The van der Waals surface area contributed by atoms with Crippen LogP contribution in [0.2, 0.25) is 0 Å². The molecular weight excluding hydrogens is 416 g/mol. The maximum absolute atomic E-state index is 5.30. The van der Waals surface area contributed by atoms with Gasteiger partial charge in [-0.2, -0.15) is 0 Å². The number of hydrogen-bond acceptors (Lipinski definition) is 6. The zero-order valence-electron chi connectivity index (χ0n) is 19.8. The number of thioether (sulfide) groups is 1. The van der Waals surface area contributed by atoms with E-state index in [0.717, 1.165) is 53.2 Å². The average molecular weight is 451 g/mol. The molecule has 0 radical (unpaired) electrons. The fraction of sp³-hybridized carbons (Fsp3) is 0.385. The van der Waals surface area contributed by atoms with E-state index >= 15 is 0 Å². The lowest BCUT2D eigenvalue weighted by molar-refractivity contribution is 0.233. The van der Waals surface area contributed by atoms with Gasteiger partial charge in [0.2, 0.25) is 0 Å². The lowest BCUT2D eigenvalue weighted by atomic mass is 10.2. The van der Waals surface area contributed by atoms with E-state index in [1.807, 2.05) is 24.3 Å². The zero-order valence-corrected chi connectivity index (χ0v) is 20.6. The molecule has 0 aliphatic carbocycles. The summed E-state index contributed by atoms with van der Waals surface area (Å²) in [6.45, 7) is 10.7. The summed E-state index contributed by atoms with van der Waals surface area (Å²) in [4.78, 5) is 12.1. The number of aromatic nitrogens is 2. The van der Waals surface area contributed by atoms with Crippen LogP contribution < -0.4 is 10.1 Å². The minimum atomic E-state index is 0.235. The summed E-state index contributed by atoms with van der Waals surface area (Å²) >= 11 is 1.74. The third-order valence-electron chi connectivity index (χ3n) is 5.51. The molecule has 1 N–H and O–H groups in total. The van der Waals surface area contributed by atoms with E-state index in [-0.39, 0.29) is 6.17 Å². The van der Waals surface area contributed by atoms with Gasteiger partial charge in [-0.1, -0.05) is 50.6 Å². The minimum absolute atomic E-state index is 0.235. The standard InChI is InChI=1S/C26H34N4OS/c1-6-24(30(7-2)8-3)27-23-17-25(32-18-20-11-9-19(4)10-12-20)29-26(28-23)21-13-15-22(31-5)16-14-21/h9-17,24H,6-8,18H2,1-5H3,(H,27,28,29). The van der Waals surface area contributed by atoms with Crippen LogP contribution in [0, 0.1) is 6.92 Å². The van der Waals surface area contributed by atoms with Gasteiger partial charge >= 0.3 is 0 Å². The maximum Gasteiger partial charge on any atom is 0.162 e. The highest BCUT2D eigenvalue weighted by molar-refractivity contribution is 7.98. The Morgan fingerprint density at radius 2 is 1.66 bits per heavy atom. The van der Waals surface area contributed by atoms with E-state index in [1.54, 1.807) is 18.9 Å². The molecule has 1 unspecified atom stereocenters. The van der Waals surface area contributed by atoms with Crippen LogP contribution in [0.4, 0.5) is 5.82 Å². The molecule has 0 aliphatic heterocycles. The zero-order chi connectivity index (χ0) is 22.9. The molecule has 5 nitrogen and oxygen atoms in total. The van der Waals surface area contributed by atoms with Crippen LogP contribution in [-0.2, 0) is 5.75 Å². The lowest BCUT2D eigenvalue weighted by Crippen LogP contribution is -2.40. The first-order valence-corrected chi connectivity index (χ1v) is 12.3. The summed E-state index contributed by atoms with van der Waals surface area (Å²) in [5.41, 5.74) is 3.54. The van der Waals surface area contributed by atoms with E-state index in [0.29, 0.717) is 0 Å². The molecule has 0 saturated carbocycles. The van der Waals surface area contributed by atoms with E-state index in [9.17, 15) is 0 Å². The third-order valence-corrected chi connectivity index (χ3v) is 6.50. The summed E-state index contributed by atoms with van der Waals surface area (Å²) in [6, 6.07) is 18.6. The molecular formula is C26H34N4OS. The fourth-order valence-corrected chi connectivity index (χ4v) is 4.42. The van der Waals surface area contributed by atoms with Gasteiger partial charge in [-0.05, 0) is 56.3 Å². The van der Waals surface area contributed by atoms with Gasteiger partial charge in [0.05, 0.1) is 13.3 Å². The van der Waals surface area contributed by atoms with Gasteiger partial charge in [0, 0.05) is 17.4 Å². The van der Waals surface area contributed by atoms with Crippen molar-refractivity contribution in [3.63, 3.8) is 0 Å². The highest BCUT2D eigenvalue weighted by Crippen LogP contribution is 2.28. The number of aryl methyl sites for hydroxylation is 1. The second-order valence-corrected chi connectivity index (χ2v) is 8.70. The molecule has 0 spiro atoms. The molecule has 6 heteroatoms. The molecule has 0 fully saturated rings. The highest BCUT2D eigenvalue weighted by atomic mass is 32.2. The van der Waals surface area contributed by atoms with Crippen LogP contribution >= 0.6 is 11.8 Å². The molecule has 0 bridgehead atoms. The summed E-state index contributed by atoms with van der Waals surface area (Å²) < 4.78 is 5.30. The molecule has 1 heterocycles. The molecule has 1 atom stereocenters. The van der Waals surface area contributed by atoms with Crippen LogP contribution in [0.15, 0.2) is 59.6 Å². The molecule has 1 aromatic heterocycles. The largest absolute Gasteiger partial charge is 0.497 e. The molecule has 32 heavy (non-hydrogen) atoms. The topological polar surface area (TPSA) is 50.3 Å². The second-order valence-electron chi connectivity index (χ2n) is 7.71. The number of anilines is 1. The summed E-state index contributed by atoms with van der Waals surface area (Å²) in [7, 11) is 1.67. The average Bonchev–Trinajstić information content (AvgIpc) is 2.83. The van der Waals surface area contributed by atoms with E-state index < -0.39 is 0 Å². The Labute approximate surface area is 196 Å². The second kappa shape index (κ2) is 11.9. The molecule has 0 amide bonds. The molecule has 0 aliphatic rings. The first kappa shape index (κ1) is 24.1. The number of hydrogen-bond donors (Lipinski definition) is 1. The van der Waals surface area contributed by atoms with Crippen LogP contribution in [-0.4, -0.2) is 41.2 Å². The maximum atomic E-state index is 5.30. The van der Waals surface area contributed by atoms with Crippen LogP contribution in [0.5, 0.6) is 5.75 Å². The first-order valence-electron chi connectivity index (χ1n) is 11.3. The Hall–Kier alpha value is -2.57. The van der Waals surface area contributed by atoms with Crippen molar-refractivity contribution in [1.29, 1.82) is 0 Å². The molecule has 0 saturated heterocycles. The fourth-order valence-electron chi connectivity index (χ4n) is 3.57. The highest BCUT2D eigenvalue weighted by Gasteiger charge is 2.16. The van der Waals surface area contributed by atoms with Crippen molar-refractivity contribution in [1.82, 2.24) is 14.9 Å². The predicted octanol–water partition coefficient (Wildman–Crippen LogP) is 6.24. The summed E-state index contributed by atoms with van der Waals surface area (Å²) in [5, 5.41) is 4.61. The van der Waals surface area contributed by atoms with Crippen molar-refractivity contribution >= 4 is 17.6 Å². The number of benzene rings is 2. The number of methoxy groups -OCH3 is 1. The van der Waals surface area contributed by atoms with Crippen molar-refractivity contribution in [2.45, 2.75) is 51.1 Å².